The number of halogens is 4. The number of hydrogen-bond donors (Lipinski definition) is 2. The summed E-state index contributed by atoms with van der Waals surface area (Å²) in [7, 11) is 1.29. The van der Waals surface area contributed by atoms with Crippen LogP contribution in [0.3, 0.4) is 0 Å². The summed E-state index contributed by atoms with van der Waals surface area (Å²) < 4.78 is 43.6. The maximum Gasteiger partial charge on any atom is 0.337 e. The second kappa shape index (κ2) is 16.8. The van der Waals surface area contributed by atoms with Gasteiger partial charge in [-0.25, -0.2) is 22.9 Å². The first-order valence-corrected chi connectivity index (χ1v) is 13.0. The van der Waals surface area contributed by atoms with Gasteiger partial charge in [-0.15, -0.1) is 11.3 Å². The molecule has 3 heterocycles. The number of aromatic nitrogens is 1. The lowest BCUT2D eigenvalue weighted by atomic mass is 10.1. The summed E-state index contributed by atoms with van der Waals surface area (Å²) in [6.07, 6.45) is 1.71. The van der Waals surface area contributed by atoms with Crippen LogP contribution in [-0.4, -0.2) is 72.0 Å². The maximum atomic E-state index is 13.4. The number of benzene rings is 1. The maximum absolute atomic E-state index is 13.4. The first kappa shape index (κ1) is 33.1. The third-order valence-electron chi connectivity index (χ3n) is 4.82. The number of aliphatic imine (C=N–C) groups is 1. The number of carbonyl (C=O) groups excluding carboxylic acids is 1. The third kappa shape index (κ3) is 11.6. The van der Waals surface area contributed by atoms with Crippen LogP contribution in [0.5, 0.6) is 0 Å². The molecule has 38 heavy (non-hydrogen) atoms. The van der Waals surface area contributed by atoms with Crippen LogP contribution in [0.4, 0.5) is 13.2 Å². The van der Waals surface area contributed by atoms with E-state index < -0.39 is 17.9 Å². The third-order valence-corrected chi connectivity index (χ3v) is 5.83. The molecule has 0 amide bonds. The van der Waals surface area contributed by atoms with Gasteiger partial charge < -0.3 is 15.2 Å². The minimum atomic E-state index is -2.67. The predicted molar refractivity (Wildman–Crippen MR) is 142 cm³/mol. The quantitative estimate of drug-likeness (QED) is 0.469. The van der Waals surface area contributed by atoms with Crippen LogP contribution in [0.15, 0.2) is 52.1 Å². The molecule has 0 saturated carbocycles. The lowest BCUT2D eigenvalue weighted by molar-refractivity contribution is -0.137. The van der Waals surface area contributed by atoms with Crippen molar-refractivity contribution in [3.05, 3.63) is 63.0 Å². The van der Waals surface area contributed by atoms with E-state index in [1.54, 1.807) is 30.2 Å². The molecule has 8 nitrogen and oxygen atoms in total. The minimum absolute atomic E-state index is 0.147. The molecule has 1 aromatic heterocycles. The lowest BCUT2D eigenvalue weighted by Gasteiger charge is -2.24. The number of esters is 1. The van der Waals surface area contributed by atoms with E-state index in [0.29, 0.717) is 27.1 Å². The summed E-state index contributed by atoms with van der Waals surface area (Å²) >= 11 is 6.82. The topological polar surface area (TPSA) is 104 Å². The van der Waals surface area contributed by atoms with Crippen molar-refractivity contribution in [3.63, 3.8) is 0 Å². The largest absolute Gasteiger partial charge is 0.481 e. The van der Waals surface area contributed by atoms with Gasteiger partial charge in [-0.1, -0.05) is 38.4 Å². The van der Waals surface area contributed by atoms with E-state index in [-0.39, 0.29) is 44.8 Å². The van der Waals surface area contributed by atoms with Gasteiger partial charge in [0.1, 0.15) is 5.82 Å². The molecule has 2 aliphatic rings. The Morgan fingerprint density at radius 2 is 2.00 bits per heavy atom. The molecule has 0 spiro atoms. The average Bonchev–Trinajstić information content (AvgIpc) is 3.55. The van der Waals surface area contributed by atoms with Crippen molar-refractivity contribution in [2.45, 2.75) is 39.5 Å². The summed E-state index contributed by atoms with van der Waals surface area (Å²) in [6, 6.07) is 5.82. The van der Waals surface area contributed by atoms with E-state index in [0.717, 1.165) is 0 Å². The standard InChI is InChI=1S/C14H16F2N4O2S.C6H4ClF.C3H6O2.C2H6/c1-22-13(21)9-6-18-11(12-17-3-5-23-12)19-10(9)7-20-4-2-14(15,16)8-20;7-5-2-1-3-6(8)4-5;1-2-3(4)5;1-2/h3,5H,2,4,6-8H2,1H3,(H,18,19);1-4H;2H2,1H3,(H,4,5);1-2H3. The number of aliphatic carboxylic acids is 1. The zero-order chi connectivity index (χ0) is 28.7. The summed E-state index contributed by atoms with van der Waals surface area (Å²) in [5.74, 6) is -3.66. The zero-order valence-electron chi connectivity index (χ0n) is 21.6. The van der Waals surface area contributed by atoms with Crippen LogP contribution < -0.4 is 5.32 Å². The first-order chi connectivity index (χ1) is 18.0. The molecule has 0 atom stereocenters. The highest BCUT2D eigenvalue weighted by molar-refractivity contribution is 7.11. The highest BCUT2D eigenvalue weighted by Gasteiger charge is 2.39. The molecule has 0 aliphatic carbocycles. The molecule has 0 radical (unpaired) electrons. The molecular formula is C25H32ClF3N4O4S. The monoisotopic (exact) mass is 576 g/mol. The Hall–Kier alpha value is -2.96. The van der Waals surface area contributed by atoms with Crippen LogP contribution in [0.2, 0.25) is 5.02 Å². The molecule has 13 heteroatoms. The second-order valence-electron chi connectivity index (χ2n) is 7.58. The number of nitrogens with zero attached hydrogens (tertiary/aromatic N) is 3. The lowest BCUT2D eigenvalue weighted by Crippen LogP contribution is -2.38. The van der Waals surface area contributed by atoms with Gasteiger partial charge in [-0.05, 0) is 18.2 Å². The van der Waals surface area contributed by atoms with Crippen LogP contribution in [0.25, 0.3) is 0 Å². The van der Waals surface area contributed by atoms with Gasteiger partial charge >= 0.3 is 11.9 Å². The van der Waals surface area contributed by atoms with Crippen LogP contribution in [0, 0.1) is 5.82 Å². The Labute approximate surface area is 229 Å². The van der Waals surface area contributed by atoms with E-state index in [1.807, 2.05) is 19.2 Å². The molecule has 210 valence electrons. The van der Waals surface area contributed by atoms with Crippen molar-refractivity contribution in [1.29, 1.82) is 0 Å². The molecule has 0 bridgehead atoms. The number of amidine groups is 1. The molecule has 4 rings (SSSR count). The number of nitrogens with one attached hydrogen (secondary N) is 1. The average molecular weight is 577 g/mol. The smallest absolute Gasteiger partial charge is 0.337 e. The molecule has 2 aliphatic heterocycles. The van der Waals surface area contributed by atoms with E-state index >= 15 is 0 Å². The number of alkyl halides is 2. The Bertz CT molecular complexity index is 1080. The Kier molecular flexibility index (Phi) is 14.6. The molecular weight excluding hydrogens is 545 g/mol. The van der Waals surface area contributed by atoms with Gasteiger partial charge in [-0.2, -0.15) is 0 Å². The van der Waals surface area contributed by atoms with Gasteiger partial charge in [-0.3, -0.25) is 14.7 Å². The number of carboxylic acids is 1. The number of carboxylic acid groups (broad SMARTS) is 1. The fraction of sp³-hybridized carbons (Fsp3) is 0.440. The number of likely N-dealkylation sites (tertiary alicyclic amines) is 1. The van der Waals surface area contributed by atoms with Gasteiger partial charge in [0.2, 0.25) is 0 Å². The fourth-order valence-electron chi connectivity index (χ4n) is 3.04. The zero-order valence-corrected chi connectivity index (χ0v) is 23.2. The highest BCUT2D eigenvalue weighted by Crippen LogP contribution is 2.27. The van der Waals surface area contributed by atoms with Gasteiger partial charge in [0, 0.05) is 48.2 Å². The Morgan fingerprint density at radius 3 is 2.45 bits per heavy atom. The van der Waals surface area contributed by atoms with Crippen LogP contribution in [-0.2, 0) is 14.3 Å². The molecule has 0 unspecified atom stereocenters. The summed E-state index contributed by atoms with van der Waals surface area (Å²) in [6.45, 7) is 5.95. The number of rotatable bonds is 5. The molecule has 2 N–H and O–H groups in total. The van der Waals surface area contributed by atoms with Crippen molar-refractivity contribution in [2.75, 3.05) is 33.3 Å². The van der Waals surface area contributed by atoms with Crippen LogP contribution in [0.1, 0.15) is 38.6 Å². The Balaban J connectivity index is 0.000000396. The minimum Gasteiger partial charge on any atom is -0.481 e. The molecule has 2 aromatic rings. The number of methoxy groups -OCH3 is 1. The molecule has 1 fully saturated rings. The molecule has 1 saturated heterocycles. The van der Waals surface area contributed by atoms with E-state index in [1.165, 1.54) is 30.6 Å². The van der Waals surface area contributed by atoms with E-state index in [2.05, 4.69) is 15.3 Å². The number of carbonyl (C=O) groups is 2. The summed E-state index contributed by atoms with van der Waals surface area (Å²) in [4.78, 5) is 31.4. The van der Waals surface area contributed by atoms with E-state index in [4.69, 9.17) is 21.4 Å². The van der Waals surface area contributed by atoms with Gasteiger partial charge in [0.05, 0.1) is 25.8 Å². The molecule has 1 aromatic carbocycles. The van der Waals surface area contributed by atoms with Crippen molar-refractivity contribution < 1.29 is 32.6 Å². The van der Waals surface area contributed by atoms with Gasteiger partial charge in [0.25, 0.3) is 5.92 Å². The number of ether oxygens (including phenoxy) is 1. The van der Waals surface area contributed by atoms with Crippen molar-refractivity contribution >= 4 is 40.7 Å². The van der Waals surface area contributed by atoms with Crippen molar-refractivity contribution in [3.8, 4) is 0 Å². The van der Waals surface area contributed by atoms with E-state index in [9.17, 15) is 22.8 Å². The summed E-state index contributed by atoms with van der Waals surface area (Å²) in [5, 5.41) is 13.7. The van der Waals surface area contributed by atoms with Crippen LogP contribution >= 0.6 is 22.9 Å². The second-order valence-corrected chi connectivity index (χ2v) is 8.91. The predicted octanol–water partition coefficient (Wildman–Crippen LogP) is 5.25. The highest BCUT2D eigenvalue weighted by atomic mass is 35.5. The number of thiazole rings is 1. The van der Waals surface area contributed by atoms with Crippen molar-refractivity contribution in [1.82, 2.24) is 15.2 Å². The first-order valence-electron chi connectivity index (χ1n) is 11.8. The number of hydrogen-bond acceptors (Lipinski definition) is 8. The normalized spacial score (nSPS) is 15.8. The fourth-order valence-corrected chi connectivity index (χ4v) is 3.82. The Morgan fingerprint density at radius 1 is 1.32 bits per heavy atom. The van der Waals surface area contributed by atoms with Crippen molar-refractivity contribution in [2.24, 2.45) is 4.99 Å². The van der Waals surface area contributed by atoms with Gasteiger partial charge in [0.15, 0.2) is 10.8 Å². The SMILES string of the molecule is CC.CCC(=O)O.COC(=O)C1=C(CN2CCC(F)(F)C2)NC(c2nccs2)=NC1.Fc1cccc(Cl)c1. The summed E-state index contributed by atoms with van der Waals surface area (Å²) in [5.41, 5.74) is 0.915.